The summed E-state index contributed by atoms with van der Waals surface area (Å²) in [5.41, 5.74) is 0.740. The number of carbonyl (C=O) groups is 1. The Morgan fingerprint density at radius 2 is 1.38 bits per heavy atom. The zero-order valence-electron chi connectivity index (χ0n) is 15.0. The van der Waals surface area contributed by atoms with Crippen LogP contribution in [-0.2, 0) is 4.79 Å². The van der Waals surface area contributed by atoms with E-state index in [9.17, 15) is 4.79 Å². The lowest BCUT2D eigenvalue weighted by molar-refractivity contribution is -0.117. The maximum atomic E-state index is 12.1. The minimum Gasteiger partial charge on any atom is -0.457 e. The first-order valence-corrected chi connectivity index (χ1v) is 10.7. The fourth-order valence-electron chi connectivity index (χ4n) is 2.25. The Hall–Kier alpha value is -2.25. The summed E-state index contributed by atoms with van der Waals surface area (Å²) in [6, 6.07) is 21.6. The third-order valence-electron chi connectivity index (χ3n) is 3.60. The molecule has 3 aromatic rings. The van der Waals surface area contributed by atoms with Crippen LogP contribution in [0.25, 0.3) is 0 Å². The number of benzene rings is 3. The van der Waals surface area contributed by atoms with E-state index >= 15 is 0 Å². The van der Waals surface area contributed by atoms with Crippen molar-refractivity contribution in [3.63, 3.8) is 0 Å². The van der Waals surface area contributed by atoms with Crippen LogP contribution >= 0.6 is 47.2 Å². The van der Waals surface area contributed by atoms with Crippen molar-refractivity contribution in [3.05, 3.63) is 82.8 Å². The van der Waals surface area contributed by atoms with Crippen LogP contribution in [0, 0.1) is 0 Å². The molecule has 2 N–H and O–H groups in total. The number of rotatable bonds is 6. The highest BCUT2D eigenvalue weighted by molar-refractivity contribution is 8.00. The highest BCUT2D eigenvalue weighted by Gasteiger charge is 2.07. The van der Waals surface area contributed by atoms with Crippen LogP contribution in [0.2, 0.25) is 10.0 Å². The first-order valence-electron chi connectivity index (χ1n) is 8.50. The largest absolute Gasteiger partial charge is 0.457 e. The molecule has 1 amide bonds. The maximum Gasteiger partial charge on any atom is 0.236 e. The molecule has 3 aromatic carbocycles. The zero-order chi connectivity index (χ0) is 20.6. The highest BCUT2D eigenvalue weighted by Crippen LogP contribution is 2.24. The molecule has 0 aliphatic rings. The Bertz CT molecular complexity index is 979. The molecular formula is C21H16Cl2N2O2S2. The monoisotopic (exact) mass is 462 g/mol. The number of hydrogen-bond donors (Lipinski definition) is 2. The van der Waals surface area contributed by atoms with E-state index in [1.54, 1.807) is 48.5 Å². The van der Waals surface area contributed by atoms with Crippen LogP contribution in [0.4, 0.5) is 5.69 Å². The molecule has 8 heteroatoms. The fourth-order valence-corrected chi connectivity index (χ4v) is 3.43. The van der Waals surface area contributed by atoms with Gasteiger partial charge in [-0.15, -0.1) is 11.8 Å². The van der Waals surface area contributed by atoms with E-state index in [2.05, 4.69) is 10.6 Å². The minimum absolute atomic E-state index is 0.190. The van der Waals surface area contributed by atoms with Gasteiger partial charge in [0.15, 0.2) is 5.11 Å². The lowest BCUT2D eigenvalue weighted by atomic mass is 10.3. The molecule has 0 saturated heterocycles. The Balaban J connectivity index is 1.45. The van der Waals surface area contributed by atoms with Crippen molar-refractivity contribution in [1.29, 1.82) is 0 Å². The SMILES string of the molecule is O=C(CSc1ccc(Cl)cc1)NC(=S)Nc1ccc(Oc2ccc(Cl)cc2)cc1. The number of hydrogen-bond acceptors (Lipinski definition) is 4. The summed E-state index contributed by atoms with van der Waals surface area (Å²) in [5.74, 6) is 1.42. The van der Waals surface area contributed by atoms with Crippen molar-refractivity contribution in [2.45, 2.75) is 4.90 Å². The predicted molar refractivity (Wildman–Crippen MR) is 125 cm³/mol. The summed E-state index contributed by atoms with van der Waals surface area (Å²) >= 11 is 18.3. The summed E-state index contributed by atoms with van der Waals surface area (Å²) in [6.07, 6.45) is 0. The first-order chi connectivity index (χ1) is 14.0. The summed E-state index contributed by atoms with van der Waals surface area (Å²) in [5, 5.41) is 7.18. The Morgan fingerprint density at radius 1 is 0.862 bits per heavy atom. The minimum atomic E-state index is -0.190. The average molecular weight is 463 g/mol. The summed E-state index contributed by atoms with van der Waals surface area (Å²) in [7, 11) is 0. The quantitative estimate of drug-likeness (QED) is 0.328. The van der Waals surface area contributed by atoms with E-state index in [1.165, 1.54) is 11.8 Å². The standard InChI is InChI=1S/C21H16Cl2N2O2S2/c22-14-1-7-17(8-2-14)27-18-9-5-16(6-10-18)24-21(28)25-20(26)13-29-19-11-3-15(23)4-12-19/h1-12H,13H2,(H2,24,25,26,28). The molecular weight excluding hydrogens is 447 g/mol. The smallest absolute Gasteiger partial charge is 0.236 e. The van der Waals surface area contributed by atoms with Gasteiger partial charge in [0, 0.05) is 20.6 Å². The summed E-state index contributed by atoms with van der Waals surface area (Å²) in [4.78, 5) is 13.0. The van der Waals surface area contributed by atoms with Crippen molar-refractivity contribution in [2.75, 3.05) is 11.1 Å². The second-order valence-corrected chi connectivity index (χ2v) is 8.16. The normalized spacial score (nSPS) is 10.3. The number of nitrogens with one attached hydrogen (secondary N) is 2. The van der Waals surface area contributed by atoms with Crippen molar-refractivity contribution >= 4 is 63.9 Å². The van der Waals surface area contributed by atoms with Gasteiger partial charge in [-0.05, 0) is 85.0 Å². The van der Waals surface area contributed by atoms with Gasteiger partial charge in [-0.1, -0.05) is 23.2 Å². The van der Waals surface area contributed by atoms with Crippen LogP contribution in [0.15, 0.2) is 77.7 Å². The second kappa shape index (κ2) is 10.5. The molecule has 0 unspecified atom stereocenters. The van der Waals surface area contributed by atoms with Crippen LogP contribution in [-0.4, -0.2) is 16.8 Å². The molecule has 0 saturated carbocycles. The van der Waals surface area contributed by atoms with Crippen LogP contribution < -0.4 is 15.4 Å². The Morgan fingerprint density at radius 3 is 1.97 bits per heavy atom. The van der Waals surface area contributed by atoms with E-state index in [-0.39, 0.29) is 16.8 Å². The Labute approximate surface area is 188 Å². The highest BCUT2D eigenvalue weighted by atomic mass is 35.5. The molecule has 3 rings (SSSR count). The second-order valence-electron chi connectivity index (χ2n) is 5.83. The molecule has 0 aliphatic heterocycles. The van der Waals surface area contributed by atoms with E-state index in [0.29, 0.717) is 21.5 Å². The third kappa shape index (κ3) is 7.25. The van der Waals surface area contributed by atoms with Gasteiger partial charge < -0.3 is 15.4 Å². The van der Waals surface area contributed by atoms with Crippen LogP contribution in [0.3, 0.4) is 0 Å². The molecule has 0 aromatic heterocycles. The Kier molecular flexibility index (Phi) is 7.77. The summed E-state index contributed by atoms with van der Waals surface area (Å²) < 4.78 is 5.74. The molecule has 148 valence electrons. The van der Waals surface area contributed by atoms with E-state index < -0.39 is 0 Å². The number of thioether (sulfide) groups is 1. The van der Waals surface area contributed by atoms with Gasteiger partial charge in [-0.25, -0.2) is 0 Å². The number of carbonyl (C=O) groups excluding carboxylic acids is 1. The van der Waals surface area contributed by atoms with Gasteiger partial charge in [0.1, 0.15) is 11.5 Å². The van der Waals surface area contributed by atoms with Gasteiger partial charge in [0.05, 0.1) is 5.75 Å². The van der Waals surface area contributed by atoms with Gasteiger partial charge in [0.2, 0.25) is 5.91 Å². The zero-order valence-corrected chi connectivity index (χ0v) is 18.2. The molecule has 0 aliphatic carbocycles. The fraction of sp³-hybridized carbons (Fsp3) is 0.0476. The molecule has 29 heavy (non-hydrogen) atoms. The molecule has 0 radical (unpaired) electrons. The van der Waals surface area contributed by atoms with Crippen LogP contribution in [0.1, 0.15) is 0 Å². The van der Waals surface area contributed by atoms with Gasteiger partial charge in [0.25, 0.3) is 0 Å². The van der Waals surface area contributed by atoms with Gasteiger partial charge in [-0.3, -0.25) is 4.79 Å². The number of halogens is 2. The molecule has 0 spiro atoms. The van der Waals surface area contributed by atoms with Crippen molar-refractivity contribution in [1.82, 2.24) is 5.32 Å². The molecule has 4 nitrogen and oxygen atoms in total. The molecule has 0 heterocycles. The first kappa shape index (κ1) is 21.5. The average Bonchev–Trinajstić information content (AvgIpc) is 2.71. The molecule has 0 fully saturated rings. The molecule has 0 atom stereocenters. The van der Waals surface area contributed by atoms with Crippen LogP contribution in [0.5, 0.6) is 11.5 Å². The number of thiocarbonyl (C=S) groups is 1. The predicted octanol–water partition coefficient (Wildman–Crippen LogP) is 6.39. The third-order valence-corrected chi connectivity index (χ3v) is 5.32. The van der Waals surface area contributed by atoms with Gasteiger partial charge >= 0.3 is 0 Å². The van der Waals surface area contributed by atoms with Gasteiger partial charge in [-0.2, -0.15) is 0 Å². The van der Waals surface area contributed by atoms with E-state index in [4.69, 9.17) is 40.2 Å². The van der Waals surface area contributed by atoms with E-state index in [1.807, 2.05) is 24.3 Å². The topological polar surface area (TPSA) is 50.4 Å². The van der Waals surface area contributed by atoms with Crippen molar-refractivity contribution < 1.29 is 9.53 Å². The number of amides is 1. The number of ether oxygens (including phenoxy) is 1. The van der Waals surface area contributed by atoms with Crippen molar-refractivity contribution in [3.8, 4) is 11.5 Å². The summed E-state index contributed by atoms with van der Waals surface area (Å²) in [6.45, 7) is 0. The number of anilines is 1. The maximum absolute atomic E-state index is 12.1. The van der Waals surface area contributed by atoms with E-state index in [0.717, 1.165) is 10.6 Å². The lowest BCUT2D eigenvalue weighted by Crippen LogP contribution is -2.35. The lowest BCUT2D eigenvalue weighted by Gasteiger charge is -2.11. The molecule has 0 bridgehead atoms. The van der Waals surface area contributed by atoms with Crippen molar-refractivity contribution in [2.24, 2.45) is 0 Å².